The second-order valence-electron chi connectivity index (χ2n) is 6.79. The number of hydrogen-bond donors (Lipinski definition) is 2. The van der Waals surface area contributed by atoms with Crippen molar-refractivity contribution in [3.05, 3.63) is 0 Å². The van der Waals surface area contributed by atoms with Gasteiger partial charge >= 0.3 is 6.09 Å². The fourth-order valence-corrected chi connectivity index (χ4v) is 3.68. The molecule has 0 aromatic heterocycles. The standard InChI is InChI=1S/C14H29N3O5S/c1-10(2)8-23(20,21)9-11(12(18)17(7)15-6)16-13(19)22-14(3,4)5/h10-11,15H,8-9H2,1-7H3,(H,16,19)/t11-/m0/s1. The number of carbonyl (C=O) groups excluding carboxylic acids is 2. The van der Waals surface area contributed by atoms with Crippen LogP contribution in [0.5, 0.6) is 0 Å². The first-order valence-corrected chi connectivity index (χ1v) is 9.24. The predicted octanol–water partition coefficient (Wildman–Crippen LogP) is 0.543. The van der Waals surface area contributed by atoms with Crippen molar-refractivity contribution in [1.82, 2.24) is 15.8 Å². The molecule has 0 aliphatic carbocycles. The summed E-state index contributed by atoms with van der Waals surface area (Å²) in [4.78, 5) is 24.1. The molecule has 0 aromatic carbocycles. The smallest absolute Gasteiger partial charge is 0.408 e. The third-order valence-electron chi connectivity index (χ3n) is 2.66. The lowest BCUT2D eigenvalue weighted by Crippen LogP contribution is -2.54. The van der Waals surface area contributed by atoms with Crippen LogP contribution in [-0.2, 0) is 19.4 Å². The molecule has 1 atom stereocenters. The average Bonchev–Trinajstić information content (AvgIpc) is 2.31. The lowest BCUT2D eigenvalue weighted by Gasteiger charge is -2.26. The third kappa shape index (κ3) is 9.39. The second kappa shape index (κ2) is 8.49. The number of likely N-dealkylation sites (N-methyl/N-ethyl adjacent to an activating group) is 1. The maximum Gasteiger partial charge on any atom is 0.408 e. The van der Waals surface area contributed by atoms with Crippen molar-refractivity contribution in [2.45, 2.75) is 46.3 Å². The van der Waals surface area contributed by atoms with Gasteiger partial charge in [0.2, 0.25) is 0 Å². The summed E-state index contributed by atoms with van der Waals surface area (Å²) in [5.41, 5.74) is 1.84. The van der Waals surface area contributed by atoms with E-state index in [-0.39, 0.29) is 11.7 Å². The molecule has 0 heterocycles. The topological polar surface area (TPSA) is 105 Å². The van der Waals surface area contributed by atoms with Gasteiger partial charge in [0.15, 0.2) is 9.84 Å². The van der Waals surface area contributed by atoms with Crippen LogP contribution in [0.15, 0.2) is 0 Å². The van der Waals surface area contributed by atoms with Crippen molar-refractivity contribution in [3.63, 3.8) is 0 Å². The molecule has 0 saturated carbocycles. The molecule has 0 aliphatic heterocycles. The molecule has 136 valence electrons. The van der Waals surface area contributed by atoms with Gasteiger partial charge in [0.25, 0.3) is 5.91 Å². The molecule has 0 aliphatic rings. The van der Waals surface area contributed by atoms with Crippen LogP contribution >= 0.6 is 0 Å². The van der Waals surface area contributed by atoms with Gasteiger partial charge in [0.1, 0.15) is 11.6 Å². The van der Waals surface area contributed by atoms with E-state index in [9.17, 15) is 18.0 Å². The van der Waals surface area contributed by atoms with Gasteiger partial charge in [0.05, 0.1) is 11.5 Å². The van der Waals surface area contributed by atoms with Crippen LogP contribution in [0.1, 0.15) is 34.6 Å². The normalized spacial score (nSPS) is 13.6. The summed E-state index contributed by atoms with van der Waals surface area (Å²) in [6.45, 7) is 8.58. The predicted molar refractivity (Wildman–Crippen MR) is 88.5 cm³/mol. The number of hydrazine groups is 1. The first kappa shape index (κ1) is 21.6. The zero-order valence-corrected chi connectivity index (χ0v) is 15.8. The molecular formula is C14H29N3O5S. The minimum absolute atomic E-state index is 0.0595. The zero-order chi connectivity index (χ0) is 18.4. The number of amides is 2. The molecule has 0 spiro atoms. The molecule has 0 unspecified atom stereocenters. The first-order valence-electron chi connectivity index (χ1n) is 7.42. The van der Waals surface area contributed by atoms with Gasteiger partial charge < -0.3 is 10.1 Å². The van der Waals surface area contributed by atoms with Crippen LogP contribution in [0, 0.1) is 5.92 Å². The highest BCUT2D eigenvalue weighted by atomic mass is 32.2. The highest BCUT2D eigenvalue weighted by Crippen LogP contribution is 2.09. The van der Waals surface area contributed by atoms with Crippen molar-refractivity contribution < 1.29 is 22.7 Å². The highest BCUT2D eigenvalue weighted by molar-refractivity contribution is 7.91. The number of ether oxygens (including phenoxy) is 1. The second-order valence-corrected chi connectivity index (χ2v) is 8.94. The van der Waals surface area contributed by atoms with E-state index in [2.05, 4.69) is 10.7 Å². The molecule has 23 heavy (non-hydrogen) atoms. The van der Waals surface area contributed by atoms with Crippen molar-refractivity contribution in [1.29, 1.82) is 0 Å². The summed E-state index contributed by atoms with van der Waals surface area (Å²) >= 11 is 0. The Morgan fingerprint density at radius 2 is 1.70 bits per heavy atom. The van der Waals surface area contributed by atoms with E-state index >= 15 is 0 Å². The molecule has 2 amide bonds. The maximum atomic E-state index is 12.3. The first-order chi connectivity index (χ1) is 10.3. The van der Waals surface area contributed by atoms with Crippen LogP contribution in [0.2, 0.25) is 0 Å². The molecule has 0 aromatic rings. The van der Waals surface area contributed by atoms with Crippen LogP contribution in [0.25, 0.3) is 0 Å². The van der Waals surface area contributed by atoms with Crippen LogP contribution in [0.3, 0.4) is 0 Å². The fourth-order valence-electron chi connectivity index (χ4n) is 1.80. The Bertz CT molecular complexity index is 511. The zero-order valence-electron chi connectivity index (χ0n) is 15.0. The van der Waals surface area contributed by atoms with Gasteiger partial charge in [-0.15, -0.1) is 0 Å². The van der Waals surface area contributed by atoms with Crippen molar-refractivity contribution in [3.8, 4) is 0 Å². The Kier molecular flexibility index (Phi) is 7.99. The lowest BCUT2D eigenvalue weighted by molar-refractivity contribution is -0.134. The molecule has 0 radical (unpaired) electrons. The summed E-state index contributed by atoms with van der Waals surface area (Å²) in [5, 5.41) is 3.46. The van der Waals surface area contributed by atoms with E-state index in [1.165, 1.54) is 14.1 Å². The summed E-state index contributed by atoms with van der Waals surface area (Å²) in [7, 11) is -0.537. The van der Waals surface area contributed by atoms with Crippen LogP contribution in [-0.4, -0.2) is 62.7 Å². The number of hydrogen-bond acceptors (Lipinski definition) is 6. The van der Waals surface area contributed by atoms with E-state index in [0.29, 0.717) is 0 Å². The molecule has 9 heteroatoms. The van der Waals surface area contributed by atoms with E-state index in [1.807, 2.05) is 0 Å². The van der Waals surface area contributed by atoms with Crippen molar-refractivity contribution in [2.75, 3.05) is 25.6 Å². The van der Waals surface area contributed by atoms with Gasteiger partial charge in [0, 0.05) is 14.1 Å². The van der Waals surface area contributed by atoms with Gasteiger partial charge in [-0.25, -0.2) is 18.6 Å². The lowest BCUT2D eigenvalue weighted by atomic mass is 10.2. The summed E-state index contributed by atoms with van der Waals surface area (Å²) < 4.78 is 29.4. The van der Waals surface area contributed by atoms with E-state index < -0.39 is 39.2 Å². The van der Waals surface area contributed by atoms with Gasteiger partial charge in [-0.3, -0.25) is 9.80 Å². The van der Waals surface area contributed by atoms with Gasteiger partial charge in [-0.1, -0.05) is 13.8 Å². The molecule has 0 saturated heterocycles. The Hall–Kier alpha value is -1.35. The minimum atomic E-state index is -3.50. The third-order valence-corrected chi connectivity index (χ3v) is 4.68. The Labute approximate surface area is 138 Å². The number of carbonyl (C=O) groups is 2. The molecule has 8 nitrogen and oxygen atoms in total. The largest absolute Gasteiger partial charge is 0.444 e. The highest BCUT2D eigenvalue weighted by Gasteiger charge is 2.31. The van der Waals surface area contributed by atoms with E-state index in [0.717, 1.165) is 5.01 Å². The molecule has 0 fully saturated rings. The number of sulfone groups is 1. The Morgan fingerprint density at radius 1 is 1.17 bits per heavy atom. The van der Waals surface area contributed by atoms with Crippen molar-refractivity contribution in [2.24, 2.45) is 5.92 Å². The summed E-state index contributed by atoms with van der Waals surface area (Å²) in [5.74, 6) is -1.17. The van der Waals surface area contributed by atoms with Crippen LogP contribution in [0.4, 0.5) is 4.79 Å². The number of nitrogens with zero attached hydrogens (tertiary/aromatic N) is 1. The van der Waals surface area contributed by atoms with Crippen LogP contribution < -0.4 is 10.7 Å². The maximum absolute atomic E-state index is 12.3. The fraction of sp³-hybridized carbons (Fsp3) is 0.857. The Balaban J connectivity index is 5.18. The quantitative estimate of drug-likeness (QED) is 0.649. The molecule has 2 N–H and O–H groups in total. The Morgan fingerprint density at radius 3 is 2.09 bits per heavy atom. The number of rotatable bonds is 7. The monoisotopic (exact) mass is 351 g/mol. The van der Waals surface area contributed by atoms with Gasteiger partial charge in [-0.05, 0) is 26.7 Å². The molecular weight excluding hydrogens is 322 g/mol. The molecule has 0 bridgehead atoms. The van der Waals surface area contributed by atoms with E-state index in [1.54, 1.807) is 34.6 Å². The number of alkyl carbamates (subject to hydrolysis) is 1. The summed E-state index contributed by atoms with van der Waals surface area (Å²) in [6, 6.07) is -1.22. The number of nitrogens with one attached hydrogen (secondary N) is 2. The SMILES string of the molecule is CNN(C)C(=O)[C@H](CS(=O)(=O)CC(C)C)NC(=O)OC(C)(C)C. The summed E-state index contributed by atoms with van der Waals surface area (Å²) in [6.07, 6.45) is -0.833. The molecule has 0 rings (SSSR count). The van der Waals surface area contributed by atoms with Crippen molar-refractivity contribution >= 4 is 21.8 Å². The minimum Gasteiger partial charge on any atom is -0.444 e. The van der Waals surface area contributed by atoms with E-state index in [4.69, 9.17) is 4.74 Å². The van der Waals surface area contributed by atoms with Gasteiger partial charge in [-0.2, -0.15) is 0 Å². The average molecular weight is 351 g/mol.